The van der Waals surface area contributed by atoms with Crippen molar-refractivity contribution in [2.45, 2.75) is 13.5 Å². The number of thiophene rings is 1. The van der Waals surface area contributed by atoms with E-state index >= 15 is 0 Å². The number of nitrogens with one attached hydrogen (secondary N) is 1. The quantitative estimate of drug-likeness (QED) is 0.572. The molecule has 0 saturated heterocycles. The molecule has 1 amide bonds. The van der Waals surface area contributed by atoms with E-state index in [0.717, 1.165) is 13.1 Å². The van der Waals surface area contributed by atoms with Crippen LogP contribution in [-0.2, 0) is 6.54 Å². The molecule has 0 aliphatic rings. The number of amides is 1. The van der Waals surface area contributed by atoms with Gasteiger partial charge in [-0.3, -0.25) is 14.9 Å². The minimum Gasteiger partial charge on any atom is -0.348 e. The number of hydrogen-bond donors (Lipinski definition) is 1. The number of nitrogens with zero attached hydrogens (tertiary/aromatic N) is 1. The van der Waals surface area contributed by atoms with Gasteiger partial charge in [-0.25, -0.2) is 0 Å². The molecule has 1 aromatic heterocycles. The van der Waals surface area contributed by atoms with Gasteiger partial charge in [0.2, 0.25) is 0 Å². The Morgan fingerprint density at radius 2 is 2.14 bits per heavy atom. The third-order valence-electron chi connectivity index (χ3n) is 2.95. The van der Waals surface area contributed by atoms with Crippen molar-refractivity contribution < 1.29 is 9.72 Å². The third-order valence-corrected chi connectivity index (χ3v) is 5.29. The summed E-state index contributed by atoms with van der Waals surface area (Å²) in [5, 5.41) is 13.7. The molecular weight excluding hydrogens is 424 g/mol. The van der Waals surface area contributed by atoms with Crippen molar-refractivity contribution in [2.75, 3.05) is 0 Å². The molecule has 1 N–H and O–H groups in total. The monoisotopic (exact) mass is 432 g/mol. The predicted molar refractivity (Wildman–Crippen MR) is 88.7 cm³/mol. The van der Waals surface area contributed by atoms with Crippen LogP contribution < -0.4 is 5.32 Å². The first-order chi connectivity index (χ1) is 9.90. The average Bonchev–Trinajstić information content (AvgIpc) is 2.76. The van der Waals surface area contributed by atoms with Crippen LogP contribution in [0.2, 0.25) is 0 Å². The summed E-state index contributed by atoms with van der Waals surface area (Å²) in [4.78, 5) is 22.6. The number of nitro benzene ring substituents is 1. The molecule has 0 aliphatic carbocycles. The highest BCUT2D eigenvalue weighted by atomic mass is 79.9. The number of nitro groups is 1. The highest BCUT2D eigenvalue weighted by molar-refractivity contribution is 9.12. The Labute approximate surface area is 141 Å². The van der Waals surface area contributed by atoms with Gasteiger partial charge in [0.15, 0.2) is 0 Å². The fourth-order valence-electron chi connectivity index (χ4n) is 1.83. The number of carbonyl (C=O) groups excluding carboxylic acids is 1. The molecule has 0 saturated carbocycles. The van der Waals surface area contributed by atoms with Gasteiger partial charge in [0.1, 0.15) is 0 Å². The van der Waals surface area contributed by atoms with Crippen LogP contribution in [0.3, 0.4) is 0 Å². The summed E-state index contributed by atoms with van der Waals surface area (Å²) in [6, 6.07) is 6.56. The molecule has 0 bridgehead atoms. The second-order valence-electron chi connectivity index (χ2n) is 4.24. The van der Waals surface area contributed by atoms with E-state index in [4.69, 9.17) is 0 Å². The predicted octanol–water partition coefficient (Wildman–Crippen LogP) is 4.42. The van der Waals surface area contributed by atoms with Crippen molar-refractivity contribution in [3.05, 3.63) is 58.6 Å². The van der Waals surface area contributed by atoms with Gasteiger partial charge in [-0.05, 0) is 50.4 Å². The van der Waals surface area contributed by atoms with Crippen LogP contribution in [0.25, 0.3) is 0 Å². The first kappa shape index (κ1) is 16.1. The smallest absolute Gasteiger partial charge is 0.272 e. The fourth-order valence-corrected chi connectivity index (χ4v) is 4.62. The van der Waals surface area contributed by atoms with Crippen LogP contribution in [-0.4, -0.2) is 10.8 Å². The van der Waals surface area contributed by atoms with Gasteiger partial charge < -0.3 is 5.32 Å². The Morgan fingerprint density at radius 3 is 2.71 bits per heavy atom. The lowest BCUT2D eigenvalue weighted by molar-refractivity contribution is -0.385. The van der Waals surface area contributed by atoms with E-state index in [2.05, 4.69) is 37.2 Å². The van der Waals surface area contributed by atoms with E-state index in [1.54, 1.807) is 25.1 Å². The van der Waals surface area contributed by atoms with Crippen LogP contribution >= 0.6 is 43.2 Å². The minimum atomic E-state index is -0.423. The lowest BCUT2D eigenvalue weighted by atomic mass is 10.1. The molecule has 0 radical (unpaired) electrons. The van der Waals surface area contributed by atoms with E-state index in [-0.39, 0.29) is 18.1 Å². The van der Waals surface area contributed by atoms with Crippen molar-refractivity contribution in [2.24, 2.45) is 0 Å². The molecule has 0 unspecified atom stereocenters. The van der Waals surface area contributed by atoms with E-state index in [1.165, 1.54) is 17.4 Å². The summed E-state index contributed by atoms with van der Waals surface area (Å²) in [6.45, 7) is 1.92. The van der Waals surface area contributed by atoms with Crippen LogP contribution in [0.1, 0.15) is 21.5 Å². The molecule has 0 fully saturated rings. The van der Waals surface area contributed by atoms with E-state index in [1.807, 2.05) is 0 Å². The van der Waals surface area contributed by atoms with Gasteiger partial charge >= 0.3 is 0 Å². The molecule has 0 spiro atoms. The Balaban J connectivity index is 2.13. The molecule has 5 nitrogen and oxygen atoms in total. The third kappa shape index (κ3) is 3.69. The number of carbonyl (C=O) groups is 1. The first-order valence-electron chi connectivity index (χ1n) is 5.86. The Morgan fingerprint density at radius 1 is 1.43 bits per heavy atom. The van der Waals surface area contributed by atoms with Gasteiger partial charge in [-0.15, -0.1) is 11.3 Å². The highest BCUT2D eigenvalue weighted by Gasteiger charge is 2.16. The summed E-state index contributed by atoms with van der Waals surface area (Å²) in [5.74, 6) is -0.227. The van der Waals surface area contributed by atoms with Crippen LogP contribution in [0, 0.1) is 17.0 Å². The second-order valence-corrected chi connectivity index (χ2v) is 7.99. The lowest BCUT2D eigenvalue weighted by Crippen LogP contribution is -2.23. The molecule has 2 aromatic rings. The van der Waals surface area contributed by atoms with Crippen LogP contribution in [0.15, 0.2) is 31.8 Å². The van der Waals surface area contributed by atoms with Crippen molar-refractivity contribution in [1.82, 2.24) is 5.32 Å². The Kier molecular flexibility index (Phi) is 5.13. The Hall–Kier alpha value is -1.25. The van der Waals surface area contributed by atoms with Gasteiger partial charge in [0.05, 0.1) is 18.1 Å². The Bertz CT molecular complexity index is 715. The summed E-state index contributed by atoms with van der Waals surface area (Å²) < 4.78 is 1.59. The zero-order chi connectivity index (χ0) is 15.6. The molecular formula is C13H10Br2N2O3S. The summed E-state index contributed by atoms with van der Waals surface area (Å²) >= 11 is 8.06. The topological polar surface area (TPSA) is 72.2 Å². The van der Waals surface area contributed by atoms with Crippen molar-refractivity contribution in [3.63, 3.8) is 0 Å². The molecule has 1 aromatic carbocycles. The maximum Gasteiger partial charge on any atom is 0.272 e. The molecule has 2 rings (SSSR count). The average molecular weight is 434 g/mol. The normalized spacial score (nSPS) is 10.4. The largest absolute Gasteiger partial charge is 0.348 e. The zero-order valence-electron chi connectivity index (χ0n) is 10.9. The number of benzene rings is 1. The van der Waals surface area contributed by atoms with Gasteiger partial charge in [0, 0.05) is 18.2 Å². The summed E-state index contributed by atoms with van der Waals surface area (Å²) in [6.07, 6.45) is 0. The first-order valence-corrected chi connectivity index (χ1v) is 8.26. The number of halogens is 2. The fraction of sp³-hybridized carbons (Fsp3) is 0.154. The van der Waals surface area contributed by atoms with Crippen LogP contribution in [0.5, 0.6) is 0 Å². The van der Waals surface area contributed by atoms with E-state index in [0.29, 0.717) is 11.1 Å². The molecule has 21 heavy (non-hydrogen) atoms. The number of rotatable bonds is 4. The van der Waals surface area contributed by atoms with E-state index < -0.39 is 4.92 Å². The molecule has 0 atom stereocenters. The van der Waals surface area contributed by atoms with Gasteiger partial charge in [-0.2, -0.15) is 0 Å². The minimum absolute atomic E-state index is 0.0567. The number of hydrogen-bond acceptors (Lipinski definition) is 4. The molecule has 0 aliphatic heterocycles. The molecule has 110 valence electrons. The molecule has 1 heterocycles. The van der Waals surface area contributed by atoms with Gasteiger partial charge in [0.25, 0.3) is 11.6 Å². The standard InChI is InChI=1S/C13H10Br2N2O3S/c1-7-8(3-2-4-10(7)17(19)20)6-16-13(18)9-5-11(14)21-12(9)15/h2-5H,6H2,1H3,(H,16,18). The molecule has 8 heteroatoms. The van der Waals surface area contributed by atoms with Crippen molar-refractivity contribution >= 4 is 54.8 Å². The second kappa shape index (κ2) is 6.67. The van der Waals surface area contributed by atoms with Crippen molar-refractivity contribution in [3.8, 4) is 0 Å². The van der Waals surface area contributed by atoms with Gasteiger partial charge in [-0.1, -0.05) is 12.1 Å². The maximum atomic E-state index is 12.1. The highest BCUT2D eigenvalue weighted by Crippen LogP contribution is 2.31. The maximum absolute atomic E-state index is 12.1. The zero-order valence-corrected chi connectivity index (χ0v) is 14.8. The summed E-state index contributed by atoms with van der Waals surface area (Å²) in [7, 11) is 0. The summed E-state index contributed by atoms with van der Waals surface area (Å²) in [5.41, 5.74) is 1.88. The lowest BCUT2D eigenvalue weighted by Gasteiger charge is -2.08. The SMILES string of the molecule is Cc1c(CNC(=O)c2cc(Br)sc2Br)cccc1[N+](=O)[O-]. The van der Waals surface area contributed by atoms with Crippen LogP contribution in [0.4, 0.5) is 5.69 Å². The van der Waals surface area contributed by atoms with E-state index in [9.17, 15) is 14.9 Å². The van der Waals surface area contributed by atoms with Crippen molar-refractivity contribution in [1.29, 1.82) is 0 Å².